The van der Waals surface area contributed by atoms with Gasteiger partial charge in [0.25, 0.3) is 0 Å². The summed E-state index contributed by atoms with van der Waals surface area (Å²) < 4.78 is 73.7. The summed E-state index contributed by atoms with van der Waals surface area (Å²) >= 11 is 0. The third-order valence-corrected chi connectivity index (χ3v) is 7.31. The van der Waals surface area contributed by atoms with E-state index in [1.165, 1.54) is 64.7 Å². The van der Waals surface area contributed by atoms with Gasteiger partial charge in [0, 0.05) is 23.6 Å². The number of hydrogen-bond donors (Lipinski definition) is 2. The van der Waals surface area contributed by atoms with Crippen molar-refractivity contribution in [2.24, 2.45) is 5.73 Å². The lowest BCUT2D eigenvalue weighted by Crippen LogP contribution is -2.53. The lowest BCUT2D eigenvalue weighted by atomic mass is 9.85. The van der Waals surface area contributed by atoms with Gasteiger partial charge in [-0.05, 0) is 42.8 Å². The third kappa shape index (κ3) is 5.12. The standard InChI is InChI=1S/C25H26F2N2O6S/c1-25(24(28)30,29-36(31,32)16-11-12-20(33-2)22(14-16)35-4)23-15(7-5-10-21(23)34-3)13-17-18(26)8-6-9-19(17)27/h5-12,14,29H,13H2,1-4H3,(H2,28,30)/t25-/m1/s1. The molecule has 0 spiro atoms. The van der Waals surface area contributed by atoms with Crippen LogP contribution in [-0.2, 0) is 26.8 Å². The largest absolute Gasteiger partial charge is 0.496 e. The minimum absolute atomic E-state index is 0.0201. The number of carbonyl (C=O) groups is 1. The second-order valence-corrected chi connectivity index (χ2v) is 9.67. The lowest BCUT2D eigenvalue weighted by molar-refractivity contribution is -0.123. The quantitative estimate of drug-likeness (QED) is 0.424. The molecule has 0 saturated carbocycles. The number of nitrogens with two attached hydrogens (primary N) is 1. The van der Waals surface area contributed by atoms with Gasteiger partial charge in [-0.2, -0.15) is 4.72 Å². The number of rotatable bonds is 10. The van der Waals surface area contributed by atoms with Crippen LogP contribution >= 0.6 is 0 Å². The van der Waals surface area contributed by atoms with Crippen LogP contribution in [0.25, 0.3) is 0 Å². The van der Waals surface area contributed by atoms with Gasteiger partial charge >= 0.3 is 0 Å². The van der Waals surface area contributed by atoms with Gasteiger partial charge in [-0.25, -0.2) is 17.2 Å². The zero-order chi connectivity index (χ0) is 26.7. The Morgan fingerprint density at radius 2 is 1.50 bits per heavy atom. The molecule has 0 aliphatic rings. The second kappa shape index (κ2) is 10.5. The number of nitrogens with one attached hydrogen (secondary N) is 1. The molecule has 3 aromatic carbocycles. The van der Waals surface area contributed by atoms with E-state index in [2.05, 4.69) is 4.72 Å². The maximum atomic E-state index is 14.4. The predicted molar refractivity (Wildman–Crippen MR) is 129 cm³/mol. The molecule has 1 amide bonds. The second-order valence-electron chi connectivity index (χ2n) is 7.98. The molecule has 0 aliphatic carbocycles. The fraction of sp³-hybridized carbons (Fsp3) is 0.240. The molecule has 0 aliphatic heterocycles. The Morgan fingerprint density at radius 1 is 0.917 bits per heavy atom. The number of hydrogen-bond acceptors (Lipinski definition) is 6. The van der Waals surface area contributed by atoms with E-state index in [-0.39, 0.29) is 39.5 Å². The first-order valence-electron chi connectivity index (χ1n) is 10.6. The molecule has 0 bridgehead atoms. The summed E-state index contributed by atoms with van der Waals surface area (Å²) in [5.74, 6) is -2.11. The van der Waals surface area contributed by atoms with Crippen LogP contribution in [0.15, 0.2) is 59.5 Å². The molecular weight excluding hydrogens is 494 g/mol. The van der Waals surface area contributed by atoms with Gasteiger partial charge in [0.15, 0.2) is 11.5 Å². The van der Waals surface area contributed by atoms with Crippen LogP contribution in [0.5, 0.6) is 17.2 Å². The monoisotopic (exact) mass is 520 g/mol. The fourth-order valence-electron chi connectivity index (χ4n) is 3.89. The van der Waals surface area contributed by atoms with Crippen molar-refractivity contribution in [2.45, 2.75) is 23.8 Å². The van der Waals surface area contributed by atoms with Gasteiger partial charge in [-0.15, -0.1) is 0 Å². The highest BCUT2D eigenvalue weighted by Crippen LogP contribution is 2.37. The first-order chi connectivity index (χ1) is 17.0. The topological polar surface area (TPSA) is 117 Å². The average Bonchev–Trinajstić information content (AvgIpc) is 2.85. The molecule has 192 valence electrons. The summed E-state index contributed by atoms with van der Waals surface area (Å²) in [5, 5.41) is 0. The molecular formula is C25H26F2N2O6S. The highest BCUT2D eigenvalue weighted by atomic mass is 32.2. The molecule has 11 heteroatoms. The van der Waals surface area contributed by atoms with Crippen molar-refractivity contribution in [1.82, 2.24) is 4.72 Å². The summed E-state index contributed by atoms with van der Waals surface area (Å²) in [6.07, 6.45) is -0.300. The van der Waals surface area contributed by atoms with Gasteiger partial charge in [0.2, 0.25) is 15.9 Å². The normalized spacial score (nSPS) is 13.1. The molecule has 3 rings (SSSR count). The SMILES string of the molecule is COc1ccc(S(=O)(=O)N[C@@](C)(C(N)=O)c2c(Cc3c(F)cccc3F)cccc2OC)cc1OC. The zero-order valence-corrected chi connectivity index (χ0v) is 20.9. The number of ether oxygens (including phenoxy) is 3. The average molecular weight is 521 g/mol. The van der Waals surface area contributed by atoms with Gasteiger partial charge < -0.3 is 19.9 Å². The van der Waals surface area contributed by atoms with E-state index in [0.29, 0.717) is 5.75 Å². The van der Waals surface area contributed by atoms with Crippen LogP contribution in [0, 0.1) is 11.6 Å². The molecule has 0 heterocycles. The first-order valence-corrected chi connectivity index (χ1v) is 12.1. The highest BCUT2D eigenvalue weighted by Gasteiger charge is 2.42. The minimum atomic E-state index is -4.39. The Labute approximate surface area is 208 Å². The van der Waals surface area contributed by atoms with E-state index < -0.39 is 33.1 Å². The van der Waals surface area contributed by atoms with Crippen LogP contribution in [0.4, 0.5) is 8.78 Å². The Kier molecular flexibility index (Phi) is 7.85. The van der Waals surface area contributed by atoms with E-state index in [9.17, 15) is 22.0 Å². The molecule has 1 atom stereocenters. The smallest absolute Gasteiger partial charge is 0.243 e. The van der Waals surface area contributed by atoms with E-state index in [1.54, 1.807) is 6.07 Å². The van der Waals surface area contributed by atoms with Crippen molar-refractivity contribution >= 4 is 15.9 Å². The summed E-state index contributed by atoms with van der Waals surface area (Å²) in [4.78, 5) is 12.6. The van der Waals surface area contributed by atoms with Gasteiger partial charge in [-0.3, -0.25) is 4.79 Å². The van der Waals surface area contributed by atoms with Crippen molar-refractivity contribution in [1.29, 1.82) is 0 Å². The number of carbonyl (C=O) groups excluding carboxylic acids is 1. The Balaban J connectivity index is 2.17. The van der Waals surface area contributed by atoms with Gasteiger partial charge in [0.05, 0.1) is 26.2 Å². The molecule has 0 unspecified atom stereocenters. The van der Waals surface area contributed by atoms with Crippen molar-refractivity contribution in [3.8, 4) is 17.2 Å². The van der Waals surface area contributed by atoms with Crippen molar-refractivity contribution < 1.29 is 36.2 Å². The predicted octanol–water partition coefficient (Wildman–Crippen LogP) is 3.26. The minimum Gasteiger partial charge on any atom is -0.496 e. The summed E-state index contributed by atoms with van der Waals surface area (Å²) in [6, 6.07) is 11.9. The molecule has 0 aromatic heterocycles. The number of amides is 1. The molecule has 0 saturated heterocycles. The summed E-state index contributed by atoms with van der Waals surface area (Å²) in [5.41, 5.74) is 3.64. The van der Waals surface area contributed by atoms with E-state index >= 15 is 0 Å². The number of primary amides is 1. The maximum absolute atomic E-state index is 14.4. The van der Waals surface area contributed by atoms with Crippen molar-refractivity contribution in [3.63, 3.8) is 0 Å². The maximum Gasteiger partial charge on any atom is 0.243 e. The zero-order valence-electron chi connectivity index (χ0n) is 20.1. The highest BCUT2D eigenvalue weighted by molar-refractivity contribution is 7.89. The van der Waals surface area contributed by atoms with Crippen LogP contribution in [0.3, 0.4) is 0 Å². The summed E-state index contributed by atoms with van der Waals surface area (Å²) in [7, 11) is -0.329. The number of halogens is 2. The molecule has 3 N–H and O–H groups in total. The fourth-order valence-corrected chi connectivity index (χ4v) is 5.26. The van der Waals surface area contributed by atoms with Crippen LogP contribution in [0.1, 0.15) is 23.6 Å². The number of sulfonamides is 1. The van der Waals surface area contributed by atoms with Crippen LogP contribution < -0.4 is 24.7 Å². The Hall–Kier alpha value is -3.70. The summed E-state index contributed by atoms with van der Waals surface area (Å²) in [6.45, 7) is 1.26. The van der Waals surface area contributed by atoms with Gasteiger partial charge in [0.1, 0.15) is 22.9 Å². The molecule has 0 fully saturated rings. The lowest BCUT2D eigenvalue weighted by Gasteiger charge is -2.31. The van der Waals surface area contributed by atoms with E-state index in [1.807, 2.05) is 0 Å². The number of benzene rings is 3. The van der Waals surface area contributed by atoms with Crippen LogP contribution in [-0.4, -0.2) is 35.7 Å². The molecule has 3 aromatic rings. The third-order valence-electron chi connectivity index (χ3n) is 5.76. The van der Waals surface area contributed by atoms with Crippen molar-refractivity contribution in [2.75, 3.05) is 21.3 Å². The Bertz CT molecular complexity index is 1380. The van der Waals surface area contributed by atoms with E-state index in [4.69, 9.17) is 19.9 Å². The molecule has 8 nitrogen and oxygen atoms in total. The van der Waals surface area contributed by atoms with Crippen LogP contribution in [0.2, 0.25) is 0 Å². The first kappa shape index (κ1) is 26.9. The van der Waals surface area contributed by atoms with Crippen molar-refractivity contribution in [3.05, 3.63) is 82.9 Å². The Morgan fingerprint density at radius 3 is 2.06 bits per heavy atom. The van der Waals surface area contributed by atoms with E-state index in [0.717, 1.165) is 12.1 Å². The molecule has 0 radical (unpaired) electrons. The molecule has 36 heavy (non-hydrogen) atoms. The number of methoxy groups -OCH3 is 3. The van der Waals surface area contributed by atoms with Gasteiger partial charge in [-0.1, -0.05) is 18.2 Å².